The highest BCUT2D eigenvalue weighted by atomic mass is 32.2. The van der Waals surface area contributed by atoms with Gasteiger partial charge in [-0.3, -0.25) is 4.72 Å². The van der Waals surface area contributed by atoms with Crippen LogP contribution in [0.4, 0.5) is 5.69 Å². The van der Waals surface area contributed by atoms with Gasteiger partial charge in [0.15, 0.2) is 0 Å². The average molecular weight is 332 g/mol. The Morgan fingerprint density at radius 1 is 1.13 bits per heavy atom. The minimum Gasteiger partial charge on any atom is -0.545 e. The predicted molar refractivity (Wildman–Crippen MR) is 86.6 cm³/mol. The van der Waals surface area contributed by atoms with Crippen LogP contribution in [0.2, 0.25) is 0 Å². The van der Waals surface area contributed by atoms with E-state index in [1.807, 2.05) is 12.1 Å². The topological polar surface area (TPSA) is 86.3 Å². The van der Waals surface area contributed by atoms with Crippen LogP contribution in [0.25, 0.3) is 0 Å². The lowest BCUT2D eigenvalue weighted by Gasteiger charge is -2.10. The Hall–Kier alpha value is -2.34. The fourth-order valence-electron chi connectivity index (χ4n) is 2.12. The van der Waals surface area contributed by atoms with Gasteiger partial charge in [-0.25, -0.2) is 8.42 Å². The Morgan fingerprint density at radius 2 is 1.83 bits per heavy atom. The first-order valence-corrected chi connectivity index (χ1v) is 8.84. The molecule has 0 amide bonds. The van der Waals surface area contributed by atoms with E-state index in [1.165, 1.54) is 18.2 Å². The van der Waals surface area contributed by atoms with Gasteiger partial charge in [0.2, 0.25) is 0 Å². The normalized spacial score (nSPS) is 11.2. The number of nitrogens with one attached hydrogen (secondary N) is 1. The fraction of sp³-hybridized carbons (Fsp3) is 0.235. The zero-order valence-corrected chi connectivity index (χ0v) is 13.6. The Bertz CT molecular complexity index is 782. The van der Waals surface area contributed by atoms with Crippen molar-refractivity contribution in [2.45, 2.75) is 31.1 Å². The van der Waals surface area contributed by atoms with Crippen molar-refractivity contribution < 1.29 is 18.3 Å². The first kappa shape index (κ1) is 17.0. The second-order valence-corrected chi connectivity index (χ2v) is 6.90. The highest BCUT2D eigenvalue weighted by molar-refractivity contribution is 7.92. The zero-order chi connectivity index (χ0) is 16.9. The molecule has 2 aromatic carbocycles. The second-order valence-electron chi connectivity index (χ2n) is 5.22. The second kappa shape index (κ2) is 7.28. The first-order chi connectivity index (χ1) is 10.9. The lowest BCUT2D eigenvalue weighted by molar-refractivity contribution is -0.255. The number of aryl methyl sites for hydroxylation is 1. The van der Waals surface area contributed by atoms with Gasteiger partial charge in [-0.05, 0) is 48.2 Å². The molecule has 0 atom stereocenters. The van der Waals surface area contributed by atoms with Crippen LogP contribution < -0.4 is 9.83 Å². The fourth-order valence-corrected chi connectivity index (χ4v) is 3.23. The van der Waals surface area contributed by atoms with E-state index < -0.39 is 16.0 Å². The molecule has 0 aromatic heterocycles. The van der Waals surface area contributed by atoms with Gasteiger partial charge in [-0.15, -0.1) is 0 Å². The molecule has 2 rings (SSSR count). The zero-order valence-electron chi connectivity index (χ0n) is 12.8. The average Bonchev–Trinajstić information content (AvgIpc) is 2.54. The number of unbranched alkanes of at least 4 members (excludes halogenated alkanes) is 1. The lowest BCUT2D eigenvalue weighted by atomic mass is 10.1. The summed E-state index contributed by atoms with van der Waals surface area (Å²) < 4.78 is 27.1. The van der Waals surface area contributed by atoms with Gasteiger partial charge >= 0.3 is 0 Å². The number of hydrogen-bond acceptors (Lipinski definition) is 4. The summed E-state index contributed by atoms with van der Waals surface area (Å²) in [5, 5.41) is 10.8. The minimum absolute atomic E-state index is 0.116. The molecular formula is C17H18NO4S-. The van der Waals surface area contributed by atoms with E-state index in [4.69, 9.17) is 0 Å². The molecule has 0 bridgehead atoms. The number of carbonyl (C=O) groups excluding carboxylic acids is 1. The summed E-state index contributed by atoms with van der Waals surface area (Å²) in [5.74, 6) is -1.41. The molecule has 0 heterocycles. The smallest absolute Gasteiger partial charge is 0.261 e. The van der Waals surface area contributed by atoms with Gasteiger partial charge in [0.05, 0.1) is 10.9 Å². The highest BCUT2D eigenvalue weighted by Crippen LogP contribution is 2.18. The van der Waals surface area contributed by atoms with Crippen LogP contribution in [-0.2, 0) is 16.4 Å². The molecule has 0 fully saturated rings. The van der Waals surface area contributed by atoms with Crippen molar-refractivity contribution in [1.82, 2.24) is 0 Å². The van der Waals surface area contributed by atoms with Crippen molar-refractivity contribution in [3.63, 3.8) is 0 Å². The SMILES string of the molecule is CCCCc1ccc(NS(=O)(=O)c2cccc(C(=O)[O-])c2)cc1. The molecule has 0 spiro atoms. The largest absolute Gasteiger partial charge is 0.545 e. The number of benzene rings is 2. The van der Waals surface area contributed by atoms with E-state index in [0.717, 1.165) is 30.9 Å². The maximum absolute atomic E-state index is 12.3. The predicted octanol–water partition coefficient (Wildman–Crippen LogP) is 2.19. The van der Waals surface area contributed by atoms with E-state index in [-0.39, 0.29) is 10.5 Å². The molecule has 0 radical (unpaired) electrons. The summed E-state index contributed by atoms with van der Waals surface area (Å²) in [6.07, 6.45) is 3.14. The third-order valence-corrected chi connectivity index (χ3v) is 4.78. The molecule has 5 nitrogen and oxygen atoms in total. The molecule has 0 unspecified atom stereocenters. The van der Waals surface area contributed by atoms with Crippen LogP contribution in [0.3, 0.4) is 0 Å². The highest BCUT2D eigenvalue weighted by Gasteiger charge is 2.14. The summed E-state index contributed by atoms with van der Waals surface area (Å²) in [6.45, 7) is 2.11. The van der Waals surface area contributed by atoms with Gasteiger partial charge in [0, 0.05) is 5.69 Å². The summed E-state index contributed by atoms with van der Waals surface area (Å²) in [7, 11) is -3.84. The van der Waals surface area contributed by atoms with Crippen LogP contribution in [-0.4, -0.2) is 14.4 Å². The third kappa shape index (κ3) is 4.56. The molecule has 2 aromatic rings. The number of sulfonamides is 1. The molecule has 0 saturated heterocycles. The van der Waals surface area contributed by atoms with Crippen molar-refractivity contribution in [3.05, 3.63) is 59.7 Å². The molecule has 0 aliphatic heterocycles. The van der Waals surface area contributed by atoms with Gasteiger partial charge < -0.3 is 9.90 Å². The Kier molecular flexibility index (Phi) is 5.39. The Labute approximate surface area is 136 Å². The van der Waals surface area contributed by atoms with Gasteiger partial charge in [0.1, 0.15) is 0 Å². The molecular weight excluding hydrogens is 314 g/mol. The summed E-state index contributed by atoms with van der Waals surface area (Å²) in [6, 6.07) is 12.2. The maximum Gasteiger partial charge on any atom is 0.261 e. The van der Waals surface area contributed by atoms with Crippen molar-refractivity contribution in [1.29, 1.82) is 0 Å². The quantitative estimate of drug-likeness (QED) is 0.842. The van der Waals surface area contributed by atoms with E-state index in [1.54, 1.807) is 12.1 Å². The van der Waals surface area contributed by atoms with Crippen LogP contribution in [0.5, 0.6) is 0 Å². The summed E-state index contributed by atoms with van der Waals surface area (Å²) >= 11 is 0. The van der Waals surface area contributed by atoms with Crippen LogP contribution in [0.15, 0.2) is 53.4 Å². The van der Waals surface area contributed by atoms with Crippen molar-refractivity contribution >= 4 is 21.7 Å². The number of anilines is 1. The number of hydrogen-bond donors (Lipinski definition) is 1. The van der Waals surface area contributed by atoms with E-state index in [0.29, 0.717) is 5.69 Å². The Morgan fingerprint density at radius 3 is 2.43 bits per heavy atom. The van der Waals surface area contributed by atoms with Gasteiger partial charge in [-0.2, -0.15) is 0 Å². The van der Waals surface area contributed by atoms with Gasteiger partial charge in [0.25, 0.3) is 10.0 Å². The van der Waals surface area contributed by atoms with Gasteiger partial charge in [-0.1, -0.05) is 37.6 Å². The number of carboxylic acids is 1. The molecule has 122 valence electrons. The van der Waals surface area contributed by atoms with Crippen molar-refractivity contribution in [2.75, 3.05) is 4.72 Å². The van der Waals surface area contributed by atoms with E-state index in [2.05, 4.69) is 11.6 Å². The molecule has 23 heavy (non-hydrogen) atoms. The summed E-state index contributed by atoms with van der Waals surface area (Å²) in [4.78, 5) is 10.7. The monoisotopic (exact) mass is 332 g/mol. The number of rotatable bonds is 7. The first-order valence-electron chi connectivity index (χ1n) is 7.35. The Balaban J connectivity index is 2.17. The molecule has 0 aliphatic rings. The molecule has 6 heteroatoms. The molecule has 0 saturated carbocycles. The molecule has 1 N–H and O–H groups in total. The lowest BCUT2D eigenvalue weighted by Crippen LogP contribution is -2.23. The van der Waals surface area contributed by atoms with Crippen molar-refractivity contribution in [3.8, 4) is 0 Å². The number of carbonyl (C=O) groups is 1. The number of carboxylic acid groups (broad SMARTS) is 1. The van der Waals surface area contributed by atoms with Crippen LogP contribution in [0, 0.1) is 0 Å². The van der Waals surface area contributed by atoms with E-state index in [9.17, 15) is 18.3 Å². The van der Waals surface area contributed by atoms with Crippen molar-refractivity contribution in [2.24, 2.45) is 0 Å². The van der Waals surface area contributed by atoms with E-state index >= 15 is 0 Å². The van der Waals surface area contributed by atoms with Crippen LogP contribution in [0.1, 0.15) is 35.7 Å². The molecule has 0 aliphatic carbocycles. The minimum atomic E-state index is -3.84. The van der Waals surface area contributed by atoms with Crippen LogP contribution >= 0.6 is 0 Å². The maximum atomic E-state index is 12.3. The summed E-state index contributed by atoms with van der Waals surface area (Å²) in [5.41, 5.74) is 1.40. The standard InChI is InChI=1S/C17H19NO4S/c1-2-3-5-13-8-10-15(11-9-13)18-23(21,22)16-7-4-6-14(12-16)17(19)20/h4,6-12,18H,2-3,5H2,1H3,(H,19,20)/p-1. The third-order valence-electron chi connectivity index (χ3n) is 3.41. The number of aromatic carboxylic acids is 1.